The first-order valence-corrected chi connectivity index (χ1v) is 6.13. The van der Waals surface area contributed by atoms with Gasteiger partial charge in [0.1, 0.15) is 0 Å². The van der Waals surface area contributed by atoms with Gasteiger partial charge in [0.15, 0.2) is 0 Å². The first kappa shape index (κ1) is 8.47. The molecule has 2 saturated heterocycles. The zero-order valence-electron chi connectivity index (χ0n) is 7.08. The van der Waals surface area contributed by atoms with Gasteiger partial charge >= 0.3 is 0 Å². The van der Waals surface area contributed by atoms with Crippen molar-refractivity contribution in [1.82, 2.24) is 10.0 Å². The topological polar surface area (TPSA) is 58.2 Å². The van der Waals surface area contributed by atoms with Crippen LogP contribution in [0.4, 0.5) is 0 Å². The van der Waals surface area contributed by atoms with Gasteiger partial charge in [0, 0.05) is 6.04 Å². The molecule has 0 radical (unpaired) electrons. The molecule has 1 saturated carbocycles. The Bertz CT molecular complexity index is 261. The zero-order chi connectivity index (χ0) is 8.77. The summed E-state index contributed by atoms with van der Waals surface area (Å²) >= 11 is 0. The molecule has 3 rings (SSSR count). The van der Waals surface area contributed by atoms with Gasteiger partial charge in [-0.2, -0.15) is 0 Å². The molecule has 0 aromatic heterocycles. The van der Waals surface area contributed by atoms with Crippen LogP contribution in [0.15, 0.2) is 0 Å². The van der Waals surface area contributed by atoms with Crippen molar-refractivity contribution in [2.75, 3.05) is 19.3 Å². The number of hydrogen-bond donors (Lipinski definition) is 2. The van der Waals surface area contributed by atoms with Gasteiger partial charge in [-0.15, -0.1) is 0 Å². The lowest BCUT2D eigenvalue weighted by Gasteiger charge is -2.49. The molecule has 2 atom stereocenters. The molecule has 4 nitrogen and oxygen atoms in total. The summed E-state index contributed by atoms with van der Waals surface area (Å²) in [6.45, 7) is 1.92. The summed E-state index contributed by atoms with van der Waals surface area (Å²) in [7, 11) is -3.00. The molecule has 2 heterocycles. The zero-order valence-corrected chi connectivity index (χ0v) is 7.89. The molecule has 0 spiro atoms. The standard InChI is InChI=1S/C7H14N2O2S/c1-12(10,11)9-7-5-2-6(7)4-8-3-5/h5-9H,2-4H2,1H3. The average Bonchev–Trinajstić information content (AvgIpc) is 2.00. The number of sulfonamides is 1. The second kappa shape index (κ2) is 2.68. The van der Waals surface area contributed by atoms with Crippen molar-refractivity contribution in [3.05, 3.63) is 0 Å². The molecule has 3 aliphatic rings. The van der Waals surface area contributed by atoms with Crippen molar-refractivity contribution in [1.29, 1.82) is 0 Å². The summed E-state index contributed by atoms with van der Waals surface area (Å²) in [5.74, 6) is 1.05. The van der Waals surface area contributed by atoms with E-state index in [1.165, 1.54) is 12.7 Å². The Morgan fingerprint density at radius 2 is 1.92 bits per heavy atom. The van der Waals surface area contributed by atoms with Crippen molar-refractivity contribution in [3.63, 3.8) is 0 Å². The van der Waals surface area contributed by atoms with Crippen molar-refractivity contribution >= 4 is 10.0 Å². The Morgan fingerprint density at radius 1 is 1.33 bits per heavy atom. The quantitative estimate of drug-likeness (QED) is 0.596. The third kappa shape index (κ3) is 1.48. The maximum atomic E-state index is 10.9. The summed E-state index contributed by atoms with van der Waals surface area (Å²) in [4.78, 5) is 0. The van der Waals surface area contributed by atoms with E-state index in [0.717, 1.165) is 13.1 Å². The van der Waals surface area contributed by atoms with E-state index in [0.29, 0.717) is 11.8 Å². The SMILES string of the molecule is CS(=O)(=O)NC1C2CNCC1C2. The van der Waals surface area contributed by atoms with Crippen LogP contribution in [0.3, 0.4) is 0 Å². The number of fused-ring (bicyclic) bond motifs is 2. The van der Waals surface area contributed by atoms with E-state index in [1.54, 1.807) is 0 Å². The molecule has 0 amide bonds. The summed E-state index contributed by atoms with van der Waals surface area (Å²) < 4.78 is 24.6. The van der Waals surface area contributed by atoms with E-state index < -0.39 is 10.0 Å². The van der Waals surface area contributed by atoms with Gasteiger partial charge in [0.2, 0.25) is 10.0 Å². The molecule has 5 heteroatoms. The molecule has 2 aliphatic heterocycles. The van der Waals surface area contributed by atoms with Gasteiger partial charge in [-0.1, -0.05) is 0 Å². The van der Waals surface area contributed by atoms with Gasteiger partial charge in [-0.05, 0) is 31.3 Å². The highest BCUT2D eigenvalue weighted by atomic mass is 32.2. The Balaban J connectivity index is 1.99. The van der Waals surface area contributed by atoms with Gasteiger partial charge in [0.05, 0.1) is 6.26 Å². The monoisotopic (exact) mass is 190 g/mol. The average molecular weight is 190 g/mol. The van der Waals surface area contributed by atoms with E-state index in [2.05, 4.69) is 10.0 Å². The molecule has 0 aromatic rings. The summed E-state index contributed by atoms with van der Waals surface area (Å²) in [5, 5.41) is 3.27. The van der Waals surface area contributed by atoms with E-state index in [-0.39, 0.29) is 6.04 Å². The minimum absolute atomic E-state index is 0.209. The Labute approximate surface area is 72.8 Å². The summed E-state index contributed by atoms with van der Waals surface area (Å²) in [6.07, 6.45) is 2.41. The minimum Gasteiger partial charge on any atom is -0.316 e. The lowest BCUT2D eigenvalue weighted by atomic mass is 9.67. The van der Waals surface area contributed by atoms with Crippen LogP contribution in [0.5, 0.6) is 0 Å². The van der Waals surface area contributed by atoms with E-state index in [9.17, 15) is 8.42 Å². The van der Waals surface area contributed by atoms with Crippen LogP contribution in [0.2, 0.25) is 0 Å². The molecule has 0 aromatic carbocycles. The third-order valence-electron chi connectivity index (χ3n) is 2.78. The lowest BCUT2D eigenvalue weighted by Crippen LogP contribution is -2.63. The fraction of sp³-hybridized carbons (Fsp3) is 1.00. The van der Waals surface area contributed by atoms with Crippen LogP contribution in [0.1, 0.15) is 6.42 Å². The van der Waals surface area contributed by atoms with Crippen molar-refractivity contribution in [2.24, 2.45) is 11.8 Å². The smallest absolute Gasteiger partial charge is 0.208 e. The van der Waals surface area contributed by atoms with E-state index in [4.69, 9.17) is 0 Å². The minimum atomic E-state index is -3.00. The van der Waals surface area contributed by atoms with E-state index >= 15 is 0 Å². The molecule has 1 aliphatic carbocycles. The van der Waals surface area contributed by atoms with E-state index in [1.807, 2.05) is 0 Å². The molecule has 2 bridgehead atoms. The second-order valence-electron chi connectivity index (χ2n) is 3.83. The largest absolute Gasteiger partial charge is 0.316 e. The van der Waals surface area contributed by atoms with Gasteiger partial charge in [-0.25, -0.2) is 13.1 Å². The van der Waals surface area contributed by atoms with Crippen molar-refractivity contribution < 1.29 is 8.42 Å². The fourth-order valence-electron chi connectivity index (χ4n) is 2.19. The molecule has 2 N–H and O–H groups in total. The second-order valence-corrected chi connectivity index (χ2v) is 5.61. The van der Waals surface area contributed by atoms with Crippen molar-refractivity contribution in [3.8, 4) is 0 Å². The predicted octanol–water partition coefficient (Wildman–Crippen LogP) is -0.856. The first-order chi connectivity index (χ1) is 5.56. The number of piperidine rings is 2. The van der Waals surface area contributed by atoms with Crippen LogP contribution < -0.4 is 10.0 Å². The Hall–Kier alpha value is -0.130. The normalized spacial score (nSPS) is 40.6. The Kier molecular flexibility index (Phi) is 1.89. The highest BCUT2D eigenvalue weighted by molar-refractivity contribution is 7.88. The molecule has 70 valence electrons. The highest BCUT2D eigenvalue weighted by Gasteiger charge is 2.44. The predicted molar refractivity (Wildman–Crippen MR) is 46.2 cm³/mol. The summed E-state index contributed by atoms with van der Waals surface area (Å²) in [6, 6.07) is 0.209. The van der Waals surface area contributed by atoms with Crippen LogP contribution in [0.25, 0.3) is 0 Å². The van der Waals surface area contributed by atoms with Gasteiger partial charge in [0.25, 0.3) is 0 Å². The van der Waals surface area contributed by atoms with Crippen LogP contribution in [-0.2, 0) is 10.0 Å². The summed E-state index contributed by atoms with van der Waals surface area (Å²) in [5.41, 5.74) is 0. The fourth-order valence-corrected chi connectivity index (χ4v) is 3.06. The highest BCUT2D eigenvalue weighted by Crippen LogP contribution is 2.36. The maximum Gasteiger partial charge on any atom is 0.208 e. The van der Waals surface area contributed by atoms with Crippen LogP contribution in [0, 0.1) is 11.8 Å². The van der Waals surface area contributed by atoms with Gasteiger partial charge in [-0.3, -0.25) is 0 Å². The van der Waals surface area contributed by atoms with Crippen molar-refractivity contribution in [2.45, 2.75) is 12.5 Å². The lowest BCUT2D eigenvalue weighted by molar-refractivity contribution is 0.0836. The number of rotatable bonds is 2. The number of nitrogens with one attached hydrogen (secondary N) is 2. The Morgan fingerprint density at radius 3 is 2.33 bits per heavy atom. The molecule has 3 fully saturated rings. The third-order valence-corrected chi connectivity index (χ3v) is 3.48. The molecule has 2 unspecified atom stereocenters. The van der Waals surface area contributed by atoms with Crippen LogP contribution >= 0.6 is 0 Å². The molecule has 12 heavy (non-hydrogen) atoms. The molecular formula is C7H14N2O2S. The molecular weight excluding hydrogens is 176 g/mol. The van der Waals surface area contributed by atoms with Gasteiger partial charge < -0.3 is 5.32 Å². The number of hydrogen-bond acceptors (Lipinski definition) is 3. The maximum absolute atomic E-state index is 10.9. The van der Waals surface area contributed by atoms with Crippen LogP contribution in [-0.4, -0.2) is 33.8 Å². The first-order valence-electron chi connectivity index (χ1n) is 4.24.